The predicted molar refractivity (Wildman–Crippen MR) is 89.6 cm³/mol. The van der Waals surface area contributed by atoms with Crippen molar-refractivity contribution in [3.63, 3.8) is 0 Å². The number of halogens is 1. The Kier molecular flexibility index (Phi) is 6.46. The first kappa shape index (κ1) is 15.4. The molecule has 1 aromatic carbocycles. The zero-order chi connectivity index (χ0) is 14.2. The Morgan fingerprint density at radius 1 is 0.900 bits per heavy atom. The van der Waals surface area contributed by atoms with Crippen LogP contribution in [-0.4, -0.2) is 4.57 Å². The molecule has 0 saturated carbocycles. The largest absolute Gasteiger partial charge is 0.347 e. The highest BCUT2D eigenvalue weighted by molar-refractivity contribution is 6.31. The third-order valence-electron chi connectivity index (χ3n) is 3.99. The standard InChI is InChI=1S/C18H26ClN/c1-2-3-4-5-6-7-8-9-13-20-14-12-16-10-11-17(19)15-18(16)20/h10-12,14-15H,2-9,13H2,1H3. The molecule has 0 atom stereocenters. The summed E-state index contributed by atoms with van der Waals surface area (Å²) in [5.41, 5.74) is 1.26. The molecule has 0 saturated heterocycles. The van der Waals surface area contributed by atoms with Gasteiger partial charge in [-0.2, -0.15) is 0 Å². The number of hydrogen-bond acceptors (Lipinski definition) is 0. The summed E-state index contributed by atoms with van der Waals surface area (Å²) in [5, 5.41) is 2.11. The smallest absolute Gasteiger partial charge is 0.0495 e. The van der Waals surface area contributed by atoms with Gasteiger partial charge in [-0.05, 0) is 30.0 Å². The number of rotatable bonds is 9. The minimum atomic E-state index is 0.827. The van der Waals surface area contributed by atoms with Crippen molar-refractivity contribution in [2.24, 2.45) is 0 Å². The van der Waals surface area contributed by atoms with Crippen LogP contribution in [0.2, 0.25) is 5.02 Å². The van der Waals surface area contributed by atoms with E-state index in [0.717, 1.165) is 11.6 Å². The highest BCUT2D eigenvalue weighted by Crippen LogP contribution is 2.21. The van der Waals surface area contributed by atoms with E-state index in [4.69, 9.17) is 11.6 Å². The van der Waals surface area contributed by atoms with Crippen LogP contribution in [-0.2, 0) is 6.54 Å². The summed E-state index contributed by atoms with van der Waals surface area (Å²) < 4.78 is 2.33. The summed E-state index contributed by atoms with van der Waals surface area (Å²) in [6.45, 7) is 3.38. The molecule has 1 nitrogen and oxygen atoms in total. The monoisotopic (exact) mass is 291 g/mol. The van der Waals surface area contributed by atoms with Gasteiger partial charge < -0.3 is 4.57 Å². The number of hydrogen-bond donors (Lipinski definition) is 0. The number of aromatic nitrogens is 1. The molecule has 1 aromatic heterocycles. The van der Waals surface area contributed by atoms with Crippen molar-refractivity contribution in [1.82, 2.24) is 4.57 Å². The average Bonchev–Trinajstić information content (AvgIpc) is 2.84. The summed E-state index contributed by atoms with van der Waals surface area (Å²) >= 11 is 6.08. The van der Waals surface area contributed by atoms with Crippen LogP contribution in [0.4, 0.5) is 0 Å². The molecule has 0 spiro atoms. The zero-order valence-electron chi connectivity index (χ0n) is 12.6. The topological polar surface area (TPSA) is 4.93 Å². The van der Waals surface area contributed by atoms with E-state index in [0.29, 0.717) is 0 Å². The van der Waals surface area contributed by atoms with Gasteiger partial charge in [0.25, 0.3) is 0 Å². The molecular formula is C18H26ClN. The van der Waals surface area contributed by atoms with Crippen molar-refractivity contribution in [1.29, 1.82) is 0 Å². The van der Waals surface area contributed by atoms with E-state index in [1.165, 1.54) is 62.3 Å². The van der Waals surface area contributed by atoms with Gasteiger partial charge in [-0.25, -0.2) is 0 Å². The average molecular weight is 292 g/mol. The van der Waals surface area contributed by atoms with Crippen LogP contribution in [0.3, 0.4) is 0 Å². The van der Waals surface area contributed by atoms with E-state index in [2.05, 4.69) is 35.9 Å². The number of nitrogens with zero attached hydrogens (tertiary/aromatic N) is 1. The van der Waals surface area contributed by atoms with Gasteiger partial charge in [0.05, 0.1) is 0 Å². The third-order valence-corrected chi connectivity index (χ3v) is 4.22. The fourth-order valence-corrected chi connectivity index (χ4v) is 2.93. The Morgan fingerprint density at radius 2 is 1.60 bits per heavy atom. The molecule has 0 unspecified atom stereocenters. The fourth-order valence-electron chi connectivity index (χ4n) is 2.77. The van der Waals surface area contributed by atoms with E-state index >= 15 is 0 Å². The second kappa shape index (κ2) is 8.36. The Labute approximate surface area is 127 Å². The maximum Gasteiger partial charge on any atom is 0.0495 e. The van der Waals surface area contributed by atoms with Crippen LogP contribution in [0.15, 0.2) is 30.5 Å². The molecule has 0 bridgehead atoms. The Morgan fingerprint density at radius 3 is 2.35 bits per heavy atom. The normalized spacial score (nSPS) is 11.3. The van der Waals surface area contributed by atoms with Gasteiger partial charge in [0, 0.05) is 23.3 Å². The lowest BCUT2D eigenvalue weighted by Crippen LogP contribution is -1.95. The van der Waals surface area contributed by atoms with Crippen LogP contribution in [0.25, 0.3) is 10.9 Å². The molecule has 2 aromatic rings. The molecule has 0 aliphatic carbocycles. The first-order valence-corrected chi connectivity index (χ1v) is 8.43. The van der Waals surface area contributed by atoms with Crippen molar-refractivity contribution in [2.75, 3.05) is 0 Å². The van der Waals surface area contributed by atoms with Crippen molar-refractivity contribution in [3.8, 4) is 0 Å². The summed E-state index contributed by atoms with van der Waals surface area (Å²) in [4.78, 5) is 0. The summed E-state index contributed by atoms with van der Waals surface area (Å²) in [7, 11) is 0. The van der Waals surface area contributed by atoms with E-state index in [9.17, 15) is 0 Å². The summed E-state index contributed by atoms with van der Waals surface area (Å²) in [5.74, 6) is 0. The maximum absolute atomic E-state index is 6.08. The molecule has 0 aliphatic rings. The Bertz CT molecular complexity index is 515. The maximum atomic E-state index is 6.08. The lowest BCUT2D eigenvalue weighted by molar-refractivity contribution is 0.549. The molecule has 0 aliphatic heterocycles. The van der Waals surface area contributed by atoms with Crippen LogP contribution >= 0.6 is 11.6 Å². The molecule has 0 amide bonds. The first-order valence-electron chi connectivity index (χ1n) is 8.05. The first-order chi connectivity index (χ1) is 9.81. The van der Waals surface area contributed by atoms with Gasteiger partial charge in [0.2, 0.25) is 0 Å². The van der Waals surface area contributed by atoms with Gasteiger partial charge >= 0.3 is 0 Å². The number of unbranched alkanes of at least 4 members (excludes halogenated alkanes) is 7. The highest BCUT2D eigenvalue weighted by Gasteiger charge is 2.01. The van der Waals surface area contributed by atoms with Gasteiger partial charge in [0.1, 0.15) is 0 Å². The second-order valence-corrected chi connectivity index (χ2v) is 6.12. The van der Waals surface area contributed by atoms with E-state index in [-0.39, 0.29) is 0 Å². The lowest BCUT2D eigenvalue weighted by atomic mass is 10.1. The fraction of sp³-hybridized carbons (Fsp3) is 0.556. The van der Waals surface area contributed by atoms with Crippen molar-refractivity contribution >= 4 is 22.5 Å². The second-order valence-electron chi connectivity index (χ2n) is 5.69. The molecule has 1 heterocycles. The highest BCUT2D eigenvalue weighted by atomic mass is 35.5. The van der Waals surface area contributed by atoms with Crippen LogP contribution < -0.4 is 0 Å². The summed E-state index contributed by atoms with van der Waals surface area (Å²) in [6.07, 6.45) is 13.1. The van der Waals surface area contributed by atoms with Crippen molar-refractivity contribution < 1.29 is 0 Å². The molecule has 0 fully saturated rings. The van der Waals surface area contributed by atoms with Gasteiger partial charge in [-0.1, -0.05) is 69.5 Å². The van der Waals surface area contributed by atoms with Crippen molar-refractivity contribution in [3.05, 3.63) is 35.5 Å². The minimum Gasteiger partial charge on any atom is -0.347 e. The van der Waals surface area contributed by atoms with Gasteiger partial charge in [-0.15, -0.1) is 0 Å². The zero-order valence-corrected chi connectivity index (χ0v) is 13.3. The number of aryl methyl sites for hydroxylation is 1. The SMILES string of the molecule is CCCCCCCCCCn1ccc2ccc(Cl)cc21. The van der Waals surface area contributed by atoms with Crippen LogP contribution in [0, 0.1) is 0 Å². The molecule has 0 radical (unpaired) electrons. The lowest BCUT2D eigenvalue weighted by Gasteiger charge is -2.06. The molecule has 0 N–H and O–H groups in total. The van der Waals surface area contributed by atoms with Crippen LogP contribution in [0.1, 0.15) is 58.3 Å². The Balaban J connectivity index is 1.69. The molecule has 2 heteroatoms. The molecule has 2 rings (SSSR count). The van der Waals surface area contributed by atoms with Gasteiger partial charge in [0.15, 0.2) is 0 Å². The number of benzene rings is 1. The van der Waals surface area contributed by atoms with Crippen LogP contribution in [0.5, 0.6) is 0 Å². The van der Waals surface area contributed by atoms with Crippen molar-refractivity contribution in [2.45, 2.75) is 64.8 Å². The van der Waals surface area contributed by atoms with Gasteiger partial charge in [-0.3, -0.25) is 0 Å². The summed E-state index contributed by atoms with van der Waals surface area (Å²) in [6, 6.07) is 8.31. The molecule has 20 heavy (non-hydrogen) atoms. The van der Waals surface area contributed by atoms with E-state index in [1.807, 2.05) is 6.07 Å². The van der Waals surface area contributed by atoms with E-state index in [1.54, 1.807) is 0 Å². The molecular weight excluding hydrogens is 266 g/mol. The van der Waals surface area contributed by atoms with E-state index < -0.39 is 0 Å². The predicted octanol–water partition coefficient (Wildman–Crippen LogP) is 6.44. The Hall–Kier alpha value is -0.950. The molecule has 110 valence electrons. The quantitative estimate of drug-likeness (QED) is 0.469. The number of fused-ring (bicyclic) bond motifs is 1. The minimum absolute atomic E-state index is 0.827. The third kappa shape index (κ3) is 4.56.